The van der Waals surface area contributed by atoms with Crippen LogP contribution in [0.1, 0.15) is 35.3 Å². The standard InChI is InChI=1S/C26H30ClN3O2/c1-3-28-12-14-29(15-13-28)25(21-10-7-11-22(27)17-21)24-23(31)16-19(2)30(26(24)32)18-20-8-5-4-6-9-20/h4-11,16-17,25,31H,3,12-15,18H2,1-2H3. The van der Waals surface area contributed by atoms with Gasteiger partial charge in [0, 0.05) is 36.9 Å². The van der Waals surface area contributed by atoms with Crippen LogP contribution in [0.5, 0.6) is 5.75 Å². The summed E-state index contributed by atoms with van der Waals surface area (Å²) in [4.78, 5) is 18.5. The van der Waals surface area contributed by atoms with E-state index in [1.165, 1.54) is 0 Å². The molecule has 0 aliphatic carbocycles. The van der Waals surface area contributed by atoms with E-state index in [4.69, 9.17) is 11.6 Å². The van der Waals surface area contributed by atoms with E-state index < -0.39 is 0 Å². The summed E-state index contributed by atoms with van der Waals surface area (Å²) in [5.41, 5.74) is 2.96. The number of aromatic hydroxyl groups is 1. The molecule has 0 saturated carbocycles. The molecule has 1 N–H and O–H groups in total. The van der Waals surface area contributed by atoms with E-state index in [1.807, 2.05) is 61.5 Å². The molecule has 3 aromatic rings. The quantitative estimate of drug-likeness (QED) is 0.607. The van der Waals surface area contributed by atoms with Crippen LogP contribution in [0.2, 0.25) is 5.02 Å². The molecule has 32 heavy (non-hydrogen) atoms. The van der Waals surface area contributed by atoms with Gasteiger partial charge in [-0.25, -0.2) is 0 Å². The molecule has 0 bridgehead atoms. The Bertz CT molecular complexity index is 1120. The highest BCUT2D eigenvalue weighted by molar-refractivity contribution is 6.30. The minimum absolute atomic E-state index is 0.0414. The smallest absolute Gasteiger partial charge is 0.259 e. The predicted molar refractivity (Wildman–Crippen MR) is 130 cm³/mol. The topological polar surface area (TPSA) is 48.7 Å². The maximum atomic E-state index is 13.8. The van der Waals surface area contributed by atoms with Crippen LogP contribution in [-0.4, -0.2) is 52.2 Å². The van der Waals surface area contributed by atoms with Crippen LogP contribution in [0.15, 0.2) is 65.5 Å². The zero-order valence-electron chi connectivity index (χ0n) is 18.7. The van der Waals surface area contributed by atoms with E-state index in [0.29, 0.717) is 17.1 Å². The van der Waals surface area contributed by atoms with Crippen LogP contribution in [0.3, 0.4) is 0 Å². The van der Waals surface area contributed by atoms with Crippen molar-refractivity contribution in [2.75, 3.05) is 32.7 Å². The summed E-state index contributed by atoms with van der Waals surface area (Å²) in [6.07, 6.45) is 0. The number of likely N-dealkylation sites (N-methyl/N-ethyl adjacent to an activating group) is 1. The first kappa shape index (κ1) is 22.6. The number of aromatic nitrogens is 1. The zero-order chi connectivity index (χ0) is 22.7. The molecule has 1 atom stereocenters. The van der Waals surface area contributed by atoms with Gasteiger partial charge in [0.15, 0.2) is 0 Å². The molecule has 0 spiro atoms. The van der Waals surface area contributed by atoms with Gasteiger partial charge in [-0.1, -0.05) is 61.0 Å². The lowest BCUT2D eigenvalue weighted by atomic mass is 9.96. The van der Waals surface area contributed by atoms with E-state index >= 15 is 0 Å². The third-order valence-electron chi connectivity index (χ3n) is 6.36. The molecule has 1 aliphatic heterocycles. The van der Waals surface area contributed by atoms with E-state index in [-0.39, 0.29) is 17.4 Å². The molecule has 2 aromatic carbocycles. The third kappa shape index (κ3) is 4.75. The Morgan fingerprint density at radius 1 is 1.00 bits per heavy atom. The van der Waals surface area contributed by atoms with Gasteiger partial charge in [-0.3, -0.25) is 9.69 Å². The molecule has 1 aliphatic rings. The Hall–Kier alpha value is -2.60. The Morgan fingerprint density at radius 3 is 2.38 bits per heavy atom. The molecule has 6 heteroatoms. The molecule has 0 amide bonds. The minimum atomic E-state index is -0.358. The molecule has 2 heterocycles. The average Bonchev–Trinajstić information content (AvgIpc) is 2.80. The number of pyridine rings is 1. The van der Waals surface area contributed by atoms with Gasteiger partial charge in [0.1, 0.15) is 5.75 Å². The Balaban J connectivity index is 1.82. The fraction of sp³-hybridized carbons (Fsp3) is 0.346. The van der Waals surface area contributed by atoms with Gasteiger partial charge in [-0.05, 0) is 42.8 Å². The summed E-state index contributed by atoms with van der Waals surface area (Å²) in [7, 11) is 0. The van der Waals surface area contributed by atoms with E-state index in [9.17, 15) is 9.90 Å². The van der Waals surface area contributed by atoms with Gasteiger partial charge in [0.25, 0.3) is 5.56 Å². The van der Waals surface area contributed by atoms with Crippen LogP contribution >= 0.6 is 11.6 Å². The second-order valence-electron chi connectivity index (χ2n) is 8.39. The van der Waals surface area contributed by atoms with Gasteiger partial charge in [-0.2, -0.15) is 0 Å². The van der Waals surface area contributed by atoms with Gasteiger partial charge in [-0.15, -0.1) is 0 Å². The average molecular weight is 452 g/mol. The summed E-state index contributed by atoms with van der Waals surface area (Å²) < 4.78 is 1.75. The number of piperazine rings is 1. The highest BCUT2D eigenvalue weighted by Gasteiger charge is 2.31. The maximum absolute atomic E-state index is 13.8. The lowest BCUT2D eigenvalue weighted by Gasteiger charge is -2.39. The Morgan fingerprint density at radius 2 is 1.72 bits per heavy atom. The van der Waals surface area contributed by atoms with Crippen molar-refractivity contribution < 1.29 is 5.11 Å². The van der Waals surface area contributed by atoms with E-state index in [2.05, 4.69) is 16.7 Å². The molecule has 5 nitrogen and oxygen atoms in total. The van der Waals surface area contributed by atoms with Crippen molar-refractivity contribution in [1.82, 2.24) is 14.4 Å². The zero-order valence-corrected chi connectivity index (χ0v) is 19.4. The van der Waals surface area contributed by atoms with Crippen molar-refractivity contribution in [3.8, 4) is 5.75 Å². The second-order valence-corrected chi connectivity index (χ2v) is 8.83. The molecule has 1 saturated heterocycles. The van der Waals surface area contributed by atoms with Gasteiger partial charge in [0.05, 0.1) is 18.2 Å². The number of hydrogen-bond acceptors (Lipinski definition) is 4. The summed E-state index contributed by atoms with van der Waals surface area (Å²) in [6, 6.07) is 18.9. The first-order valence-electron chi connectivity index (χ1n) is 11.2. The summed E-state index contributed by atoms with van der Waals surface area (Å²) in [5.74, 6) is 0.0414. The molecule has 1 unspecified atom stereocenters. The van der Waals surface area contributed by atoms with Crippen molar-refractivity contribution in [3.63, 3.8) is 0 Å². The molecule has 1 fully saturated rings. The first-order chi connectivity index (χ1) is 15.5. The lowest BCUT2D eigenvalue weighted by Crippen LogP contribution is -2.48. The van der Waals surface area contributed by atoms with Gasteiger partial charge in [0.2, 0.25) is 0 Å². The molecule has 4 rings (SSSR count). The number of nitrogens with zero attached hydrogens (tertiary/aromatic N) is 3. The van der Waals surface area contributed by atoms with Crippen molar-refractivity contribution >= 4 is 11.6 Å². The van der Waals surface area contributed by atoms with Crippen molar-refractivity contribution in [3.05, 3.63) is 98.4 Å². The number of rotatable bonds is 6. The molecular formula is C26H30ClN3O2. The second kappa shape index (κ2) is 9.90. The Labute approximate surface area is 194 Å². The summed E-state index contributed by atoms with van der Waals surface area (Å²) in [6.45, 7) is 8.99. The van der Waals surface area contributed by atoms with Crippen molar-refractivity contribution in [1.29, 1.82) is 0 Å². The minimum Gasteiger partial charge on any atom is -0.507 e. The monoisotopic (exact) mass is 451 g/mol. The van der Waals surface area contributed by atoms with Crippen LogP contribution in [0, 0.1) is 6.92 Å². The highest BCUT2D eigenvalue weighted by atomic mass is 35.5. The van der Waals surface area contributed by atoms with Crippen molar-refractivity contribution in [2.45, 2.75) is 26.4 Å². The van der Waals surface area contributed by atoms with Gasteiger partial charge < -0.3 is 14.6 Å². The largest absolute Gasteiger partial charge is 0.507 e. The summed E-state index contributed by atoms with van der Waals surface area (Å²) in [5, 5.41) is 11.6. The first-order valence-corrected chi connectivity index (χ1v) is 11.5. The molecule has 1 aromatic heterocycles. The lowest BCUT2D eigenvalue weighted by molar-refractivity contribution is 0.111. The van der Waals surface area contributed by atoms with Gasteiger partial charge >= 0.3 is 0 Å². The van der Waals surface area contributed by atoms with Crippen molar-refractivity contribution in [2.24, 2.45) is 0 Å². The Kier molecular flexibility index (Phi) is 6.99. The number of halogens is 1. The number of benzene rings is 2. The van der Waals surface area contributed by atoms with Crippen LogP contribution in [0.4, 0.5) is 0 Å². The summed E-state index contributed by atoms with van der Waals surface area (Å²) >= 11 is 6.33. The fourth-order valence-electron chi connectivity index (χ4n) is 4.56. The molecule has 0 radical (unpaired) electrons. The van der Waals surface area contributed by atoms with Crippen LogP contribution < -0.4 is 5.56 Å². The fourth-order valence-corrected chi connectivity index (χ4v) is 4.76. The number of aryl methyl sites for hydroxylation is 1. The van der Waals surface area contributed by atoms with Crippen LogP contribution in [-0.2, 0) is 6.54 Å². The highest BCUT2D eigenvalue weighted by Crippen LogP contribution is 2.34. The predicted octanol–water partition coefficient (Wildman–Crippen LogP) is 4.29. The van der Waals surface area contributed by atoms with E-state index in [1.54, 1.807) is 10.6 Å². The van der Waals surface area contributed by atoms with Crippen LogP contribution in [0.25, 0.3) is 0 Å². The number of hydrogen-bond donors (Lipinski definition) is 1. The normalized spacial score (nSPS) is 16.2. The molecular weight excluding hydrogens is 422 g/mol. The molecule has 168 valence electrons. The third-order valence-corrected chi connectivity index (χ3v) is 6.60. The van der Waals surface area contributed by atoms with E-state index in [0.717, 1.165) is 49.5 Å². The maximum Gasteiger partial charge on any atom is 0.259 e. The SMILES string of the molecule is CCN1CCN(C(c2cccc(Cl)c2)c2c(O)cc(C)n(Cc3ccccc3)c2=O)CC1.